The molecule has 21 heavy (non-hydrogen) atoms. The number of nitrogens with zero attached hydrogens (tertiary/aromatic N) is 2. The highest BCUT2D eigenvalue weighted by Crippen LogP contribution is 2.23. The first-order valence-electron chi connectivity index (χ1n) is 6.53. The van der Waals surface area contributed by atoms with E-state index in [-0.39, 0.29) is 0 Å². The van der Waals surface area contributed by atoms with E-state index in [1.54, 1.807) is 0 Å². The van der Waals surface area contributed by atoms with Crippen molar-refractivity contribution in [1.82, 2.24) is 9.97 Å². The van der Waals surface area contributed by atoms with E-state index in [0.717, 1.165) is 29.1 Å². The smallest absolute Gasteiger partial charge is 0.188 e. The third kappa shape index (κ3) is 3.77. The second kappa shape index (κ2) is 6.49. The fourth-order valence-corrected chi connectivity index (χ4v) is 2.73. The van der Waals surface area contributed by atoms with Gasteiger partial charge < -0.3 is 5.73 Å². The van der Waals surface area contributed by atoms with Crippen molar-refractivity contribution >= 4 is 11.8 Å². The molecule has 2 N–H and O–H groups in total. The van der Waals surface area contributed by atoms with Gasteiger partial charge in [0, 0.05) is 23.2 Å². The fourth-order valence-electron chi connectivity index (χ4n) is 1.81. The molecular formula is C15H17F2N3S. The van der Waals surface area contributed by atoms with Gasteiger partial charge in [-0.15, -0.1) is 0 Å². The third-order valence-electron chi connectivity index (χ3n) is 3.38. The van der Waals surface area contributed by atoms with Gasteiger partial charge in [-0.25, -0.2) is 18.7 Å². The third-order valence-corrected chi connectivity index (χ3v) is 4.34. The maximum absolute atomic E-state index is 13.2. The molecule has 0 fully saturated rings. The van der Waals surface area contributed by atoms with Gasteiger partial charge in [-0.1, -0.05) is 17.8 Å². The van der Waals surface area contributed by atoms with Gasteiger partial charge in [0.25, 0.3) is 0 Å². The second-order valence-electron chi connectivity index (χ2n) is 4.89. The summed E-state index contributed by atoms with van der Waals surface area (Å²) in [4.78, 5) is 8.79. The van der Waals surface area contributed by atoms with E-state index in [1.165, 1.54) is 17.8 Å². The van der Waals surface area contributed by atoms with Crippen LogP contribution in [0.5, 0.6) is 0 Å². The minimum atomic E-state index is -0.883. The van der Waals surface area contributed by atoms with E-state index in [9.17, 15) is 8.78 Å². The number of nitrogens with two attached hydrogens (primary N) is 1. The zero-order valence-corrected chi connectivity index (χ0v) is 13.0. The SMILES string of the molecule is Cc1nc(SCC(N)c2ccc(F)c(F)c2)nc(C)c1C. The van der Waals surface area contributed by atoms with Crippen molar-refractivity contribution in [3.05, 3.63) is 52.3 Å². The van der Waals surface area contributed by atoms with Gasteiger partial charge in [-0.05, 0) is 44.0 Å². The molecule has 0 saturated carbocycles. The van der Waals surface area contributed by atoms with Crippen LogP contribution >= 0.6 is 11.8 Å². The summed E-state index contributed by atoms with van der Waals surface area (Å²) in [5.41, 5.74) is 9.51. The number of benzene rings is 1. The van der Waals surface area contributed by atoms with Gasteiger partial charge in [0.2, 0.25) is 0 Å². The van der Waals surface area contributed by atoms with Gasteiger partial charge in [-0.3, -0.25) is 0 Å². The first-order chi connectivity index (χ1) is 9.88. The van der Waals surface area contributed by atoms with Gasteiger partial charge in [0.1, 0.15) is 0 Å². The van der Waals surface area contributed by atoms with Crippen molar-refractivity contribution < 1.29 is 8.78 Å². The fraction of sp³-hybridized carbons (Fsp3) is 0.333. The molecule has 2 rings (SSSR count). The standard InChI is InChI=1S/C15H17F2N3S/c1-8-9(2)19-15(20-10(8)3)21-7-14(18)11-4-5-12(16)13(17)6-11/h4-6,14H,7,18H2,1-3H3. The van der Waals surface area contributed by atoms with E-state index in [1.807, 2.05) is 20.8 Å². The molecule has 0 aliphatic heterocycles. The van der Waals surface area contributed by atoms with Gasteiger partial charge in [0.15, 0.2) is 16.8 Å². The number of hydrogen-bond acceptors (Lipinski definition) is 4. The molecule has 0 aliphatic carbocycles. The molecule has 0 spiro atoms. The summed E-state index contributed by atoms with van der Waals surface area (Å²) >= 11 is 1.41. The Morgan fingerprint density at radius 3 is 2.29 bits per heavy atom. The highest BCUT2D eigenvalue weighted by atomic mass is 32.2. The summed E-state index contributed by atoms with van der Waals surface area (Å²) in [6, 6.07) is 3.31. The van der Waals surface area contributed by atoms with Crippen LogP contribution in [-0.4, -0.2) is 15.7 Å². The topological polar surface area (TPSA) is 51.8 Å². The van der Waals surface area contributed by atoms with Crippen molar-refractivity contribution in [2.75, 3.05) is 5.75 Å². The van der Waals surface area contributed by atoms with Gasteiger partial charge >= 0.3 is 0 Å². The lowest BCUT2D eigenvalue weighted by atomic mass is 10.1. The van der Waals surface area contributed by atoms with Crippen molar-refractivity contribution in [3.8, 4) is 0 Å². The summed E-state index contributed by atoms with van der Waals surface area (Å²) in [5.74, 6) is -1.26. The van der Waals surface area contributed by atoms with Crippen LogP contribution in [0, 0.1) is 32.4 Å². The number of thioether (sulfide) groups is 1. The molecule has 3 nitrogen and oxygen atoms in total. The Kier molecular flexibility index (Phi) is 4.90. The van der Waals surface area contributed by atoms with Crippen molar-refractivity contribution in [2.24, 2.45) is 5.73 Å². The Labute approximate surface area is 127 Å². The Bertz CT molecular complexity index is 638. The summed E-state index contributed by atoms with van der Waals surface area (Å²) < 4.78 is 26.1. The van der Waals surface area contributed by atoms with E-state index in [0.29, 0.717) is 16.5 Å². The number of hydrogen-bond donors (Lipinski definition) is 1. The molecule has 1 atom stereocenters. The van der Waals surface area contributed by atoms with Crippen LogP contribution < -0.4 is 5.73 Å². The van der Waals surface area contributed by atoms with Crippen LogP contribution in [0.25, 0.3) is 0 Å². The molecule has 1 aromatic carbocycles. The predicted octanol–water partition coefficient (Wildman–Crippen LogP) is 3.47. The Morgan fingerprint density at radius 2 is 1.71 bits per heavy atom. The molecule has 0 radical (unpaired) electrons. The lowest BCUT2D eigenvalue weighted by molar-refractivity contribution is 0.506. The molecule has 1 aromatic heterocycles. The van der Waals surface area contributed by atoms with Crippen LogP contribution in [0.2, 0.25) is 0 Å². The van der Waals surface area contributed by atoms with Gasteiger partial charge in [-0.2, -0.15) is 0 Å². The summed E-state index contributed by atoms with van der Waals surface area (Å²) in [6.45, 7) is 5.85. The Balaban J connectivity index is 2.07. The molecule has 112 valence electrons. The number of rotatable bonds is 4. The minimum absolute atomic E-state index is 0.407. The summed E-state index contributed by atoms with van der Waals surface area (Å²) in [6.07, 6.45) is 0. The lowest BCUT2D eigenvalue weighted by Crippen LogP contribution is -2.14. The van der Waals surface area contributed by atoms with Crippen molar-refractivity contribution in [2.45, 2.75) is 32.0 Å². The zero-order valence-electron chi connectivity index (χ0n) is 12.2. The highest BCUT2D eigenvalue weighted by Gasteiger charge is 2.12. The van der Waals surface area contributed by atoms with Crippen LogP contribution in [0.1, 0.15) is 28.6 Å². The largest absolute Gasteiger partial charge is 0.323 e. The summed E-state index contributed by atoms with van der Waals surface area (Å²) in [7, 11) is 0. The van der Waals surface area contributed by atoms with Crippen molar-refractivity contribution in [1.29, 1.82) is 0 Å². The molecule has 1 heterocycles. The molecule has 0 amide bonds. The van der Waals surface area contributed by atoms with E-state index < -0.39 is 17.7 Å². The molecule has 6 heteroatoms. The van der Waals surface area contributed by atoms with Crippen molar-refractivity contribution in [3.63, 3.8) is 0 Å². The maximum Gasteiger partial charge on any atom is 0.188 e. The zero-order chi connectivity index (χ0) is 15.6. The average molecular weight is 309 g/mol. The average Bonchev–Trinajstić information content (AvgIpc) is 2.44. The van der Waals surface area contributed by atoms with Crippen LogP contribution in [0.3, 0.4) is 0 Å². The molecule has 1 unspecified atom stereocenters. The molecule has 2 aromatic rings. The van der Waals surface area contributed by atoms with E-state index in [2.05, 4.69) is 9.97 Å². The van der Waals surface area contributed by atoms with Crippen LogP contribution in [0.15, 0.2) is 23.4 Å². The number of aryl methyl sites for hydroxylation is 2. The monoisotopic (exact) mass is 309 g/mol. The van der Waals surface area contributed by atoms with Crippen LogP contribution in [-0.2, 0) is 0 Å². The number of halogens is 2. The molecule has 0 saturated heterocycles. The first-order valence-corrected chi connectivity index (χ1v) is 7.52. The second-order valence-corrected chi connectivity index (χ2v) is 5.88. The predicted molar refractivity (Wildman–Crippen MR) is 80.3 cm³/mol. The number of aromatic nitrogens is 2. The summed E-state index contributed by atoms with van der Waals surface area (Å²) in [5, 5.41) is 0.647. The Hall–Kier alpha value is -1.53. The molecule has 0 aliphatic rings. The van der Waals surface area contributed by atoms with Gasteiger partial charge in [0.05, 0.1) is 0 Å². The van der Waals surface area contributed by atoms with Crippen LogP contribution in [0.4, 0.5) is 8.78 Å². The maximum atomic E-state index is 13.2. The quantitative estimate of drug-likeness (QED) is 0.694. The normalized spacial score (nSPS) is 12.5. The van der Waals surface area contributed by atoms with E-state index >= 15 is 0 Å². The highest BCUT2D eigenvalue weighted by molar-refractivity contribution is 7.99. The Morgan fingerprint density at radius 1 is 1.10 bits per heavy atom. The minimum Gasteiger partial charge on any atom is -0.323 e. The molecular weight excluding hydrogens is 292 g/mol. The lowest BCUT2D eigenvalue weighted by Gasteiger charge is -2.12. The molecule has 0 bridgehead atoms. The first kappa shape index (κ1) is 15.9. The van der Waals surface area contributed by atoms with E-state index in [4.69, 9.17) is 5.73 Å².